The van der Waals surface area contributed by atoms with Crippen LogP contribution in [0.25, 0.3) is 0 Å². The van der Waals surface area contributed by atoms with Gasteiger partial charge in [0.25, 0.3) is 0 Å². The molecule has 2 aromatic rings. The molecule has 0 aromatic carbocycles. The van der Waals surface area contributed by atoms with Gasteiger partial charge >= 0.3 is 0 Å². The number of rotatable bonds is 5. The van der Waals surface area contributed by atoms with E-state index in [1.807, 2.05) is 16.8 Å². The molecule has 134 valence electrons. The Morgan fingerprint density at radius 3 is 3.04 bits per heavy atom. The highest BCUT2D eigenvalue weighted by molar-refractivity contribution is 7.09. The fourth-order valence-electron chi connectivity index (χ4n) is 3.72. The predicted octanol–water partition coefficient (Wildman–Crippen LogP) is 1.84. The van der Waals surface area contributed by atoms with Crippen LogP contribution >= 0.6 is 11.3 Å². The lowest BCUT2D eigenvalue weighted by molar-refractivity contribution is -0.126. The molecule has 1 unspecified atom stereocenters. The van der Waals surface area contributed by atoms with Gasteiger partial charge in [0, 0.05) is 50.0 Å². The van der Waals surface area contributed by atoms with Crippen molar-refractivity contribution in [2.24, 2.45) is 0 Å². The molecule has 0 radical (unpaired) electrons. The predicted molar refractivity (Wildman–Crippen MR) is 96.5 cm³/mol. The number of nitrogens with zero attached hydrogens (tertiary/aromatic N) is 3. The van der Waals surface area contributed by atoms with Crippen LogP contribution in [-0.2, 0) is 22.5 Å². The van der Waals surface area contributed by atoms with E-state index in [1.54, 1.807) is 17.5 Å². The van der Waals surface area contributed by atoms with E-state index >= 15 is 0 Å². The van der Waals surface area contributed by atoms with E-state index in [1.165, 1.54) is 4.88 Å². The zero-order valence-corrected chi connectivity index (χ0v) is 15.1. The molecule has 2 aliphatic rings. The van der Waals surface area contributed by atoms with Crippen molar-refractivity contribution in [2.45, 2.75) is 37.9 Å². The fourth-order valence-corrected chi connectivity index (χ4v) is 4.43. The van der Waals surface area contributed by atoms with Crippen LogP contribution in [0.5, 0.6) is 0 Å². The second-order valence-electron chi connectivity index (χ2n) is 6.68. The zero-order valence-electron chi connectivity index (χ0n) is 14.3. The molecule has 25 heavy (non-hydrogen) atoms. The van der Waals surface area contributed by atoms with Gasteiger partial charge in [-0.2, -0.15) is 5.10 Å². The molecule has 0 saturated carbocycles. The molecule has 4 heterocycles. The van der Waals surface area contributed by atoms with Crippen molar-refractivity contribution >= 4 is 17.2 Å². The van der Waals surface area contributed by atoms with Crippen molar-refractivity contribution in [1.82, 2.24) is 20.0 Å². The van der Waals surface area contributed by atoms with Crippen LogP contribution in [0.3, 0.4) is 0 Å². The molecule has 1 saturated heterocycles. The molecule has 0 aliphatic carbocycles. The van der Waals surface area contributed by atoms with Gasteiger partial charge in [-0.25, -0.2) is 0 Å². The van der Waals surface area contributed by atoms with Gasteiger partial charge in [-0.05, 0) is 36.8 Å². The highest BCUT2D eigenvalue weighted by Gasteiger charge is 2.34. The third-order valence-corrected chi connectivity index (χ3v) is 6.02. The number of hydrogen-bond donors (Lipinski definition) is 1. The van der Waals surface area contributed by atoms with Crippen LogP contribution in [0.4, 0.5) is 0 Å². The maximum atomic E-state index is 12.8. The number of aromatic nitrogens is 2. The Kier molecular flexibility index (Phi) is 5.14. The van der Waals surface area contributed by atoms with Crippen LogP contribution in [0.15, 0.2) is 29.8 Å². The monoisotopic (exact) mass is 360 g/mol. The summed E-state index contributed by atoms with van der Waals surface area (Å²) >= 11 is 1.73. The lowest BCUT2D eigenvalue weighted by Crippen LogP contribution is -2.49. The normalized spacial score (nSPS) is 21.8. The van der Waals surface area contributed by atoms with Gasteiger partial charge in [-0.1, -0.05) is 6.07 Å². The SMILES string of the molecule is O=C(NCCc1cccs1)C1CN(C2CCOCC2)Cc2ccnn21. The molecule has 1 amide bonds. The van der Waals surface area contributed by atoms with Gasteiger partial charge in [-0.3, -0.25) is 14.4 Å². The third-order valence-electron chi connectivity index (χ3n) is 5.08. The topological polar surface area (TPSA) is 59.4 Å². The average Bonchev–Trinajstić information content (AvgIpc) is 3.33. The molecule has 1 N–H and O–H groups in total. The Balaban J connectivity index is 1.41. The summed E-state index contributed by atoms with van der Waals surface area (Å²) in [6.07, 6.45) is 4.77. The maximum absolute atomic E-state index is 12.8. The number of thiophene rings is 1. The molecular weight excluding hydrogens is 336 g/mol. The van der Waals surface area contributed by atoms with Gasteiger partial charge in [0.15, 0.2) is 0 Å². The molecule has 7 heteroatoms. The lowest BCUT2D eigenvalue weighted by atomic mass is 10.0. The van der Waals surface area contributed by atoms with Crippen molar-refractivity contribution in [3.63, 3.8) is 0 Å². The summed E-state index contributed by atoms with van der Waals surface area (Å²) in [6, 6.07) is 6.43. The van der Waals surface area contributed by atoms with Crippen molar-refractivity contribution in [3.8, 4) is 0 Å². The first kappa shape index (κ1) is 16.8. The summed E-state index contributed by atoms with van der Waals surface area (Å²) in [5, 5.41) is 9.57. The van der Waals surface area contributed by atoms with Gasteiger partial charge in [0.2, 0.25) is 5.91 Å². The van der Waals surface area contributed by atoms with Crippen LogP contribution in [-0.4, -0.2) is 52.9 Å². The number of nitrogens with one attached hydrogen (secondary N) is 1. The summed E-state index contributed by atoms with van der Waals surface area (Å²) in [4.78, 5) is 16.5. The van der Waals surface area contributed by atoms with E-state index in [0.29, 0.717) is 12.6 Å². The summed E-state index contributed by atoms with van der Waals surface area (Å²) in [7, 11) is 0. The molecule has 0 spiro atoms. The van der Waals surface area contributed by atoms with E-state index in [4.69, 9.17) is 4.74 Å². The molecule has 6 nitrogen and oxygen atoms in total. The summed E-state index contributed by atoms with van der Waals surface area (Å²) in [5.74, 6) is 0.0678. The van der Waals surface area contributed by atoms with Crippen LogP contribution in [0, 0.1) is 0 Å². The second-order valence-corrected chi connectivity index (χ2v) is 7.71. The number of ether oxygens (including phenoxy) is 1. The third kappa shape index (κ3) is 3.78. The highest BCUT2D eigenvalue weighted by Crippen LogP contribution is 2.26. The van der Waals surface area contributed by atoms with Gasteiger partial charge in [0.05, 0.1) is 5.69 Å². The molecule has 4 rings (SSSR count). The molecule has 1 fully saturated rings. The number of carbonyl (C=O) groups is 1. The Hall–Kier alpha value is -1.70. The van der Waals surface area contributed by atoms with Crippen LogP contribution in [0.1, 0.15) is 29.5 Å². The quantitative estimate of drug-likeness (QED) is 0.884. The number of amides is 1. The van der Waals surface area contributed by atoms with Crippen molar-refractivity contribution < 1.29 is 9.53 Å². The minimum absolute atomic E-state index is 0.0678. The number of hydrogen-bond acceptors (Lipinski definition) is 5. The average molecular weight is 360 g/mol. The number of carbonyl (C=O) groups excluding carboxylic acids is 1. The fraction of sp³-hybridized carbons (Fsp3) is 0.556. The van der Waals surface area contributed by atoms with E-state index in [2.05, 4.69) is 26.8 Å². The molecule has 2 aromatic heterocycles. The van der Waals surface area contributed by atoms with Crippen LogP contribution < -0.4 is 5.32 Å². The van der Waals surface area contributed by atoms with E-state index in [9.17, 15) is 4.79 Å². The Bertz CT molecular complexity index is 694. The Labute approximate surface area is 151 Å². The summed E-state index contributed by atoms with van der Waals surface area (Å²) in [6.45, 7) is 3.90. The molecule has 0 bridgehead atoms. The summed E-state index contributed by atoms with van der Waals surface area (Å²) in [5.41, 5.74) is 1.12. The maximum Gasteiger partial charge on any atom is 0.246 e. The van der Waals surface area contributed by atoms with E-state index in [-0.39, 0.29) is 11.9 Å². The van der Waals surface area contributed by atoms with Gasteiger partial charge in [0.1, 0.15) is 6.04 Å². The summed E-state index contributed by atoms with van der Waals surface area (Å²) < 4.78 is 7.38. The first-order chi connectivity index (χ1) is 12.3. The second kappa shape index (κ2) is 7.68. The van der Waals surface area contributed by atoms with Gasteiger partial charge in [-0.15, -0.1) is 11.3 Å². The Morgan fingerprint density at radius 2 is 2.24 bits per heavy atom. The van der Waals surface area contributed by atoms with Crippen molar-refractivity contribution in [2.75, 3.05) is 26.3 Å². The molecule has 1 atom stereocenters. The molecule has 2 aliphatic heterocycles. The lowest BCUT2D eigenvalue weighted by Gasteiger charge is -2.39. The van der Waals surface area contributed by atoms with E-state index in [0.717, 1.165) is 51.3 Å². The smallest absolute Gasteiger partial charge is 0.246 e. The Morgan fingerprint density at radius 1 is 1.36 bits per heavy atom. The highest BCUT2D eigenvalue weighted by atomic mass is 32.1. The minimum Gasteiger partial charge on any atom is -0.381 e. The van der Waals surface area contributed by atoms with Crippen molar-refractivity contribution in [1.29, 1.82) is 0 Å². The minimum atomic E-state index is -0.245. The zero-order chi connectivity index (χ0) is 17.1. The first-order valence-corrected chi connectivity index (χ1v) is 9.83. The largest absolute Gasteiger partial charge is 0.381 e. The van der Waals surface area contributed by atoms with E-state index < -0.39 is 0 Å². The van der Waals surface area contributed by atoms with Gasteiger partial charge < -0.3 is 10.1 Å². The van der Waals surface area contributed by atoms with Crippen LogP contribution in [0.2, 0.25) is 0 Å². The van der Waals surface area contributed by atoms with Crippen molar-refractivity contribution in [3.05, 3.63) is 40.3 Å². The molecular formula is C18H24N4O2S. The standard InChI is InChI=1S/C18H24N4O2S/c23-18(19-7-4-16-2-1-11-25-16)17-13-21(14-5-9-24-10-6-14)12-15-3-8-20-22(15)17/h1-3,8,11,14,17H,4-7,9-10,12-13H2,(H,19,23). The first-order valence-electron chi connectivity index (χ1n) is 8.95. The number of fused-ring (bicyclic) bond motifs is 1.